The first-order chi connectivity index (χ1) is 11.4. The normalized spacial score (nSPS) is 24.5. The van der Waals surface area contributed by atoms with E-state index in [9.17, 15) is 9.59 Å². The first kappa shape index (κ1) is 16.6. The molecule has 2 amide bonds. The molecule has 2 aliphatic rings. The first-order valence-corrected chi connectivity index (χ1v) is 8.14. The third-order valence-corrected chi connectivity index (χ3v) is 4.57. The first-order valence-electron chi connectivity index (χ1n) is 8.14. The molecule has 0 aromatic heterocycles. The molecule has 1 fully saturated rings. The molecular formula is C17H23N3O4. The molecule has 0 radical (unpaired) electrons. The number of carbonyl (C=O) groups is 2. The Morgan fingerprint density at radius 3 is 3.00 bits per heavy atom. The molecule has 7 nitrogen and oxygen atoms in total. The van der Waals surface area contributed by atoms with Crippen LogP contribution < -0.4 is 20.5 Å². The smallest absolute Gasteiger partial charge is 0.255 e. The molecule has 1 aromatic rings. The van der Waals surface area contributed by atoms with E-state index in [4.69, 9.17) is 15.2 Å². The number of benzene rings is 1. The third-order valence-electron chi connectivity index (χ3n) is 4.57. The monoisotopic (exact) mass is 333 g/mol. The van der Waals surface area contributed by atoms with E-state index in [0.29, 0.717) is 36.7 Å². The van der Waals surface area contributed by atoms with E-state index < -0.39 is 11.6 Å². The maximum atomic E-state index is 12.4. The zero-order chi connectivity index (χ0) is 17.3. The summed E-state index contributed by atoms with van der Waals surface area (Å²) in [6.07, 6.45) is 1.57. The van der Waals surface area contributed by atoms with Crippen LogP contribution in [0.2, 0.25) is 0 Å². The van der Waals surface area contributed by atoms with Crippen molar-refractivity contribution in [2.75, 3.05) is 26.7 Å². The average molecular weight is 333 g/mol. The number of nitrogens with two attached hydrogens (primary N) is 1. The third kappa shape index (κ3) is 3.03. The second-order valence-electron chi connectivity index (χ2n) is 6.48. The van der Waals surface area contributed by atoms with E-state index in [2.05, 4.69) is 5.32 Å². The van der Waals surface area contributed by atoms with Crippen molar-refractivity contribution in [1.82, 2.24) is 10.2 Å². The van der Waals surface area contributed by atoms with Crippen LogP contribution in [0.4, 0.5) is 0 Å². The highest BCUT2D eigenvalue weighted by Crippen LogP contribution is 2.34. The van der Waals surface area contributed by atoms with Crippen LogP contribution in [0.3, 0.4) is 0 Å². The largest absolute Gasteiger partial charge is 0.497 e. The predicted octanol–water partition coefficient (Wildman–Crippen LogP) is 0.526. The minimum Gasteiger partial charge on any atom is -0.497 e. The fraction of sp³-hybridized carbons (Fsp3) is 0.529. The molecule has 2 heterocycles. The molecule has 0 aliphatic carbocycles. The lowest BCUT2D eigenvalue weighted by Gasteiger charge is -2.42. The van der Waals surface area contributed by atoms with Gasteiger partial charge in [-0.3, -0.25) is 9.59 Å². The van der Waals surface area contributed by atoms with Crippen molar-refractivity contribution in [3.63, 3.8) is 0 Å². The molecule has 0 bridgehead atoms. The summed E-state index contributed by atoms with van der Waals surface area (Å²) >= 11 is 0. The van der Waals surface area contributed by atoms with Gasteiger partial charge in [0.1, 0.15) is 17.1 Å². The molecule has 1 saturated heterocycles. The van der Waals surface area contributed by atoms with Gasteiger partial charge >= 0.3 is 0 Å². The van der Waals surface area contributed by atoms with E-state index in [1.165, 1.54) is 0 Å². The molecule has 0 saturated carbocycles. The summed E-state index contributed by atoms with van der Waals surface area (Å²) < 4.78 is 11.4. The van der Waals surface area contributed by atoms with Crippen LogP contribution in [0.1, 0.15) is 30.1 Å². The van der Waals surface area contributed by atoms with Crippen LogP contribution in [0.15, 0.2) is 18.2 Å². The van der Waals surface area contributed by atoms with Crippen LogP contribution in [-0.2, 0) is 4.79 Å². The Hall–Kier alpha value is -2.28. The standard InChI is InChI=1S/C17H23N3O4/c1-11(18)16(22)20-7-3-6-17(10-20)9-19-15(21)13-8-12(23-2)4-5-14(13)24-17/h4-5,8,11H,3,6-7,9-10,18H2,1-2H3,(H,19,21)/t11-,17+/m0/s1. The Kier molecular flexibility index (Phi) is 4.36. The van der Waals surface area contributed by atoms with Gasteiger partial charge in [-0.15, -0.1) is 0 Å². The Labute approximate surface area is 141 Å². The molecular weight excluding hydrogens is 310 g/mol. The summed E-state index contributed by atoms with van der Waals surface area (Å²) in [7, 11) is 1.55. The predicted molar refractivity (Wildman–Crippen MR) is 88.1 cm³/mol. The lowest BCUT2D eigenvalue weighted by atomic mass is 9.92. The van der Waals surface area contributed by atoms with Crippen molar-refractivity contribution < 1.29 is 19.1 Å². The topological polar surface area (TPSA) is 93.9 Å². The quantitative estimate of drug-likeness (QED) is 0.823. The molecule has 2 aliphatic heterocycles. The van der Waals surface area contributed by atoms with Crippen LogP contribution in [0, 0.1) is 0 Å². The van der Waals surface area contributed by atoms with E-state index in [-0.39, 0.29) is 11.8 Å². The number of fused-ring (bicyclic) bond motifs is 1. The lowest BCUT2D eigenvalue weighted by molar-refractivity contribution is -0.137. The van der Waals surface area contributed by atoms with Crippen LogP contribution in [0.25, 0.3) is 0 Å². The maximum absolute atomic E-state index is 12.4. The molecule has 3 N–H and O–H groups in total. The number of hydrogen-bond acceptors (Lipinski definition) is 5. The summed E-state index contributed by atoms with van der Waals surface area (Å²) in [5.41, 5.74) is 5.55. The van der Waals surface area contributed by atoms with Gasteiger partial charge in [0.15, 0.2) is 0 Å². The van der Waals surface area contributed by atoms with Crippen molar-refractivity contribution in [1.29, 1.82) is 0 Å². The van der Waals surface area contributed by atoms with Crippen molar-refractivity contribution in [2.45, 2.75) is 31.4 Å². The number of piperidine rings is 1. The molecule has 0 unspecified atom stereocenters. The lowest BCUT2D eigenvalue weighted by Crippen LogP contribution is -2.59. The zero-order valence-electron chi connectivity index (χ0n) is 14.0. The second-order valence-corrected chi connectivity index (χ2v) is 6.48. The molecule has 1 aromatic carbocycles. The zero-order valence-corrected chi connectivity index (χ0v) is 14.0. The van der Waals surface area contributed by atoms with Gasteiger partial charge in [-0.1, -0.05) is 0 Å². The van der Waals surface area contributed by atoms with Crippen molar-refractivity contribution in [3.8, 4) is 11.5 Å². The number of ether oxygens (including phenoxy) is 2. The average Bonchev–Trinajstić information content (AvgIpc) is 2.71. The number of likely N-dealkylation sites (tertiary alicyclic amines) is 1. The Bertz CT molecular complexity index is 661. The number of methoxy groups -OCH3 is 1. The molecule has 1 spiro atoms. The van der Waals surface area contributed by atoms with Crippen LogP contribution >= 0.6 is 0 Å². The van der Waals surface area contributed by atoms with Crippen molar-refractivity contribution in [3.05, 3.63) is 23.8 Å². The summed E-state index contributed by atoms with van der Waals surface area (Å²) in [5, 5.41) is 2.91. The number of carbonyl (C=O) groups excluding carboxylic acids is 2. The minimum absolute atomic E-state index is 0.0943. The van der Waals surface area contributed by atoms with Gasteiger partial charge in [-0.25, -0.2) is 0 Å². The maximum Gasteiger partial charge on any atom is 0.255 e. The number of hydrogen-bond donors (Lipinski definition) is 2. The molecule has 130 valence electrons. The highest BCUT2D eigenvalue weighted by Gasteiger charge is 2.42. The molecule has 3 rings (SSSR count). The Balaban J connectivity index is 1.89. The fourth-order valence-corrected chi connectivity index (χ4v) is 3.31. The van der Waals surface area contributed by atoms with Gasteiger partial charge in [0.2, 0.25) is 5.91 Å². The van der Waals surface area contributed by atoms with E-state index in [1.807, 2.05) is 0 Å². The van der Waals surface area contributed by atoms with Gasteiger partial charge in [0, 0.05) is 6.54 Å². The Morgan fingerprint density at radius 1 is 1.50 bits per heavy atom. The summed E-state index contributed by atoms with van der Waals surface area (Å²) in [4.78, 5) is 26.4. The number of nitrogens with one attached hydrogen (secondary N) is 1. The minimum atomic E-state index is -0.627. The van der Waals surface area contributed by atoms with Crippen LogP contribution in [0.5, 0.6) is 11.5 Å². The van der Waals surface area contributed by atoms with Gasteiger partial charge < -0.3 is 25.4 Å². The van der Waals surface area contributed by atoms with Crippen molar-refractivity contribution in [2.24, 2.45) is 5.73 Å². The van der Waals surface area contributed by atoms with Gasteiger partial charge in [-0.2, -0.15) is 0 Å². The fourth-order valence-electron chi connectivity index (χ4n) is 3.31. The highest BCUT2D eigenvalue weighted by atomic mass is 16.5. The molecule has 2 atom stereocenters. The summed E-state index contributed by atoms with van der Waals surface area (Å²) in [5.74, 6) is 0.821. The summed E-state index contributed by atoms with van der Waals surface area (Å²) in [6.45, 7) is 3.11. The van der Waals surface area contributed by atoms with Gasteiger partial charge in [0.25, 0.3) is 5.91 Å². The highest BCUT2D eigenvalue weighted by molar-refractivity contribution is 5.97. The van der Waals surface area contributed by atoms with Gasteiger partial charge in [0.05, 0.1) is 31.8 Å². The number of rotatable bonds is 2. The summed E-state index contributed by atoms with van der Waals surface area (Å²) in [6, 6.07) is 4.63. The molecule has 7 heteroatoms. The number of amides is 2. The van der Waals surface area contributed by atoms with Crippen molar-refractivity contribution >= 4 is 11.8 Å². The number of nitrogens with zero attached hydrogens (tertiary/aromatic N) is 1. The second kappa shape index (κ2) is 6.32. The van der Waals surface area contributed by atoms with E-state index >= 15 is 0 Å². The van der Waals surface area contributed by atoms with E-state index in [1.54, 1.807) is 37.1 Å². The van der Waals surface area contributed by atoms with E-state index in [0.717, 1.165) is 12.8 Å². The van der Waals surface area contributed by atoms with Crippen LogP contribution in [-0.4, -0.2) is 55.1 Å². The SMILES string of the molecule is COc1ccc2c(c1)C(=O)NC[C@@]1(CCCN(C(=O)[C@H](C)N)C1)O2. The van der Waals surface area contributed by atoms with Gasteiger partial charge in [-0.05, 0) is 38.0 Å². The molecule has 24 heavy (non-hydrogen) atoms. The Morgan fingerprint density at radius 2 is 2.29 bits per heavy atom.